The molecule has 1 aliphatic carbocycles. The molecule has 0 saturated carbocycles. The highest BCUT2D eigenvalue weighted by atomic mass is 16.5. The third-order valence-corrected chi connectivity index (χ3v) is 3.45. The first kappa shape index (κ1) is 13.4. The number of hydrogen-bond donors (Lipinski definition) is 1. The number of methoxy groups -OCH3 is 2. The van der Waals surface area contributed by atoms with Gasteiger partial charge in [-0.05, 0) is 18.6 Å². The topological polar surface area (TPSA) is 64.6 Å². The van der Waals surface area contributed by atoms with Crippen LogP contribution in [0.4, 0.5) is 0 Å². The fourth-order valence-electron chi connectivity index (χ4n) is 2.51. The molecule has 0 fully saturated rings. The first-order chi connectivity index (χ1) is 9.12. The van der Waals surface area contributed by atoms with Crippen LogP contribution in [0.25, 0.3) is 0 Å². The number of carbonyl (C=O) groups is 2. The molecule has 0 heterocycles. The number of nitrogens with one attached hydrogen (secondary N) is 1. The van der Waals surface area contributed by atoms with Gasteiger partial charge in [0.25, 0.3) is 0 Å². The molecule has 1 aromatic carbocycles. The molecule has 19 heavy (non-hydrogen) atoms. The zero-order valence-corrected chi connectivity index (χ0v) is 11.3. The van der Waals surface area contributed by atoms with E-state index in [-0.39, 0.29) is 24.0 Å². The summed E-state index contributed by atoms with van der Waals surface area (Å²) in [4.78, 5) is 24.0. The molecule has 5 nitrogen and oxygen atoms in total. The molecule has 1 unspecified atom stereocenters. The summed E-state index contributed by atoms with van der Waals surface area (Å²) in [7, 11) is 4.65. The Labute approximate surface area is 111 Å². The molecule has 0 spiro atoms. The second-order valence-electron chi connectivity index (χ2n) is 4.47. The van der Waals surface area contributed by atoms with Crippen LogP contribution in [-0.2, 0) is 11.2 Å². The predicted molar refractivity (Wildman–Crippen MR) is 69.8 cm³/mol. The van der Waals surface area contributed by atoms with Crippen LogP contribution in [0.2, 0.25) is 0 Å². The van der Waals surface area contributed by atoms with Gasteiger partial charge in [0, 0.05) is 24.9 Å². The number of hydrogen-bond acceptors (Lipinski definition) is 4. The van der Waals surface area contributed by atoms with E-state index in [4.69, 9.17) is 9.47 Å². The molecule has 0 radical (unpaired) electrons. The Morgan fingerprint density at radius 3 is 2.42 bits per heavy atom. The van der Waals surface area contributed by atoms with Crippen molar-refractivity contribution in [3.63, 3.8) is 0 Å². The Balaban J connectivity index is 2.50. The van der Waals surface area contributed by atoms with Gasteiger partial charge in [-0.3, -0.25) is 9.59 Å². The van der Waals surface area contributed by atoms with Gasteiger partial charge in [0.1, 0.15) is 11.5 Å². The van der Waals surface area contributed by atoms with Gasteiger partial charge in [-0.2, -0.15) is 0 Å². The Bertz CT molecular complexity index is 524. The molecule has 5 heteroatoms. The molecule has 0 aromatic heterocycles. The average molecular weight is 263 g/mol. The van der Waals surface area contributed by atoms with Crippen molar-refractivity contribution in [2.24, 2.45) is 5.92 Å². The van der Waals surface area contributed by atoms with Crippen LogP contribution in [-0.4, -0.2) is 33.0 Å². The number of Topliss-reactive ketones (excluding diaryl/α,β-unsaturated/α-hetero) is 1. The zero-order chi connectivity index (χ0) is 14.0. The van der Waals surface area contributed by atoms with Gasteiger partial charge in [0.05, 0.1) is 19.8 Å². The van der Waals surface area contributed by atoms with Crippen molar-refractivity contribution < 1.29 is 19.1 Å². The predicted octanol–water partition coefficient (Wildman–Crippen LogP) is 1.19. The lowest BCUT2D eigenvalue weighted by Gasteiger charge is -2.25. The molecule has 1 atom stereocenters. The maximum absolute atomic E-state index is 12.2. The zero-order valence-electron chi connectivity index (χ0n) is 11.3. The van der Waals surface area contributed by atoms with Crippen LogP contribution >= 0.6 is 0 Å². The van der Waals surface area contributed by atoms with Gasteiger partial charge in [-0.25, -0.2) is 0 Å². The van der Waals surface area contributed by atoms with Crippen molar-refractivity contribution in [1.82, 2.24) is 5.32 Å². The lowest BCUT2D eigenvalue weighted by atomic mass is 9.81. The van der Waals surface area contributed by atoms with Crippen LogP contribution in [0.3, 0.4) is 0 Å². The van der Waals surface area contributed by atoms with Crippen molar-refractivity contribution >= 4 is 11.7 Å². The van der Waals surface area contributed by atoms with Crippen LogP contribution in [0.15, 0.2) is 12.1 Å². The van der Waals surface area contributed by atoms with Crippen molar-refractivity contribution in [2.45, 2.75) is 12.8 Å². The van der Waals surface area contributed by atoms with E-state index in [2.05, 4.69) is 5.32 Å². The van der Waals surface area contributed by atoms with Crippen LogP contribution in [0.5, 0.6) is 11.5 Å². The van der Waals surface area contributed by atoms with Crippen molar-refractivity contribution in [3.05, 3.63) is 23.3 Å². The monoisotopic (exact) mass is 263 g/mol. The highest BCUT2D eigenvalue weighted by Crippen LogP contribution is 2.37. The molecule has 0 bridgehead atoms. The van der Waals surface area contributed by atoms with Gasteiger partial charge in [0.15, 0.2) is 5.78 Å². The van der Waals surface area contributed by atoms with Crippen molar-refractivity contribution in [3.8, 4) is 11.5 Å². The number of fused-ring (bicyclic) bond motifs is 1. The molecule has 2 rings (SSSR count). The molecular weight excluding hydrogens is 246 g/mol. The van der Waals surface area contributed by atoms with Crippen LogP contribution in [0.1, 0.15) is 22.3 Å². The fraction of sp³-hybridized carbons (Fsp3) is 0.429. The third-order valence-electron chi connectivity index (χ3n) is 3.45. The van der Waals surface area contributed by atoms with Gasteiger partial charge in [-0.1, -0.05) is 0 Å². The molecule has 1 amide bonds. The normalized spacial score (nSPS) is 17.6. The summed E-state index contributed by atoms with van der Waals surface area (Å²) < 4.78 is 10.5. The minimum atomic E-state index is -0.342. The summed E-state index contributed by atoms with van der Waals surface area (Å²) in [6, 6.07) is 3.48. The molecule has 1 aromatic rings. The highest BCUT2D eigenvalue weighted by Gasteiger charge is 2.33. The second kappa shape index (κ2) is 5.30. The van der Waals surface area contributed by atoms with E-state index in [0.29, 0.717) is 23.5 Å². The Morgan fingerprint density at radius 2 is 1.84 bits per heavy atom. The Morgan fingerprint density at radius 1 is 1.21 bits per heavy atom. The second-order valence-corrected chi connectivity index (χ2v) is 4.47. The number of carbonyl (C=O) groups excluding carboxylic acids is 2. The van der Waals surface area contributed by atoms with Crippen LogP contribution in [0, 0.1) is 5.92 Å². The maximum atomic E-state index is 12.2. The van der Waals surface area contributed by atoms with E-state index in [9.17, 15) is 9.59 Å². The first-order valence-corrected chi connectivity index (χ1v) is 6.11. The van der Waals surface area contributed by atoms with E-state index >= 15 is 0 Å². The number of benzene rings is 1. The lowest BCUT2D eigenvalue weighted by molar-refractivity contribution is -0.124. The van der Waals surface area contributed by atoms with E-state index in [0.717, 1.165) is 5.56 Å². The molecule has 0 aliphatic heterocycles. The fourth-order valence-corrected chi connectivity index (χ4v) is 2.51. The van der Waals surface area contributed by atoms with E-state index in [1.54, 1.807) is 26.3 Å². The maximum Gasteiger partial charge on any atom is 0.223 e. The smallest absolute Gasteiger partial charge is 0.223 e. The van der Waals surface area contributed by atoms with Crippen molar-refractivity contribution in [1.29, 1.82) is 0 Å². The summed E-state index contributed by atoms with van der Waals surface area (Å²) in [6.07, 6.45) is 0.692. The van der Waals surface area contributed by atoms with E-state index in [1.165, 1.54) is 7.11 Å². The molecule has 1 aliphatic rings. The van der Waals surface area contributed by atoms with Gasteiger partial charge in [0.2, 0.25) is 5.91 Å². The summed E-state index contributed by atoms with van der Waals surface area (Å²) in [5, 5.41) is 2.59. The molecule has 102 valence electrons. The summed E-state index contributed by atoms with van der Waals surface area (Å²) in [5.41, 5.74) is 1.30. The first-order valence-electron chi connectivity index (χ1n) is 6.11. The molecule has 1 N–H and O–H groups in total. The minimum Gasteiger partial charge on any atom is -0.496 e. The number of amides is 1. The SMILES string of the molecule is CNC(=O)C1CC(=O)c2c(OC)ccc(OC)c2C1. The summed E-state index contributed by atoms with van der Waals surface area (Å²) in [5.74, 6) is 0.620. The quantitative estimate of drug-likeness (QED) is 0.889. The largest absolute Gasteiger partial charge is 0.496 e. The van der Waals surface area contributed by atoms with Crippen LogP contribution < -0.4 is 14.8 Å². The third kappa shape index (κ3) is 2.28. The van der Waals surface area contributed by atoms with Crippen molar-refractivity contribution in [2.75, 3.05) is 21.3 Å². The lowest BCUT2D eigenvalue weighted by Crippen LogP contribution is -2.34. The van der Waals surface area contributed by atoms with E-state index in [1.807, 2.05) is 0 Å². The Kier molecular flexibility index (Phi) is 3.74. The minimum absolute atomic E-state index is 0.0781. The Hall–Kier alpha value is -2.04. The number of ether oxygens (including phenoxy) is 2. The number of rotatable bonds is 3. The van der Waals surface area contributed by atoms with Gasteiger partial charge >= 0.3 is 0 Å². The molecule has 0 saturated heterocycles. The number of ketones is 1. The summed E-state index contributed by atoms with van der Waals surface area (Å²) >= 11 is 0. The standard InChI is InChI=1S/C14H17NO4/c1-15-14(17)8-6-9-11(18-2)4-5-12(19-3)13(9)10(16)7-8/h4-5,8H,6-7H2,1-3H3,(H,15,17). The highest BCUT2D eigenvalue weighted by molar-refractivity contribution is 6.04. The van der Waals surface area contributed by atoms with Gasteiger partial charge in [-0.15, -0.1) is 0 Å². The van der Waals surface area contributed by atoms with Gasteiger partial charge < -0.3 is 14.8 Å². The van der Waals surface area contributed by atoms with E-state index < -0.39 is 0 Å². The summed E-state index contributed by atoms with van der Waals surface area (Å²) in [6.45, 7) is 0. The molecular formula is C14H17NO4. The average Bonchev–Trinajstić information content (AvgIpc) is 2.44.